The molecular weight excluding hydrogens is 218 g/mol. The van der Waals surface area contributed by atoms with Crippen LogP contribution in [0.15, 0.2) is 18.2 Å². The Kier molecular flexibility index (Phi) is 4.82. The van der Waals surface area contributed by atoms with Crippen molar-refractivity contribution in [2.45, 2.75) is 33.3 Å². The summed E-state index contributed by atoms with van der Waals surface area (Å²) in [7, 11) is 0. The van der Waals surface area contributed by atoms with Crippen molar-refractivity contribution in [2.24, 2.45) is 0 Å². The SMILES string of the molecule is CCOC(=O)c1cc(OC(C)CC)ccc1N. The van der Waals surface area contributed by atoms with Gasteiger partial charge in [0.2, 0.25) is 0 Å². The van der Waals surface area contributed by atoms with E-state index >= 15 is 0 Å². The summed E-state index contributed by atoms with van der Waals surface area (Å²) in [6.07, 6.45) is 1.01. The summed E-state index contributed by atoms with van der Waals surface area (Å²) in [6.45, 7) is 6.09. The average molecular weight is 237 g/mol. The van der Waals surface area contributed by atoms with Crippen molar-refractivity contribution < 1.29 is 14.3 Å². The average Bonchev–Trinajstić information content (AvgIpc) is 2.31. The van der Waals surface area contributed by atoms with E-state index in [4.69, 9.17) is 15.2 Å². The third kappa shape index (κ3) is 3.66. The van der Waals surface area contributed by atoms with Crippen molar-refractivity contribution in [3.8, 4) is 5.75 Å². The minimum absolute atomic E-state index is 0.105. The first-order chi connectivity index (χ1) is 8.08. The molecule has 0 aliphatic heterocycles. The molecule has 1 unspecified atom stereocenters. The Morgan fingerprint density at radius 3 is 2.71 bits per heavy atom. The van der Waals surface area contributed by atoms with Crippen LogP contribution in [0.4, 0.5) is 5.69 Å². The van der Waals surface area contributed by atoms with Crippen molar-refractivity contribution in [1.82, 2.24) is 0 Å². The van der Waals surface area contributed by atoms with E-state index in [1.807, 2.05) is 13.8 Å². The number of rotatable bonds is 5. The van der Waals surface area contributed by atoms with Crippen molar-refractivity contribution in [3.63, 3.8) is 0 Å². The molecule has 0 amide bonds. The Morgan fingerprint density at radius 2 is 2.12 bits per heavy atom. The highest BCUT2D eigenvalue weighted by Gasteiger charge is 2.12. The van der Waals surface area contributed by atoms with E-state index in [2.05, 4.69) is 0 Å². The molecule has 0 saturated carbocycles. The van der Waals surface area contributed by atoms with Crippen LogP contribution in [-0.2, 0) is 4.74 Å². The van der Waals surface area contributed by atoms with Gasteiger partial charge in [0.05, 0.1) is 18.3 Å². The van der Waals surface area contributed by atoms with Gasteiger partial charge in [0.25, 0.3) is 0 Å². The van der Waals surface area contributed by atoms with Gasteiger partial charge in [0.15, 0.2) is 0 Å². The van der Waals surface area contributed by atoms with Gasteiger partial charge in [-0.1, -0.05) is 6.92 Å². The highest BCUT2D eigenvalue weighted by Crippen LogP contribution is 2.22. The lowest BCUT2D eigenvalue weighted by Crippen LogP contribution is -2.12. The van der Waals surface area contributed by atoms with Gasteiger partial charge >= 0.3 is 5.97 Å². The van der Waals surface area contributed by atoms with Gasteiger partial charge in [-0.05, 0) is 38.5 Å². The van der Waals surface area contributed by atoms with E-state index in [1.165, 1.54) is 0 Å². The molecule has 0 heterocycles. The third-order valence-corrected chi connectivity index (χ3v) is 2.43. The van der Waals surface area contributed by atoms with Crippen molar-refractivity contribution >= 4 is 11.7 Å². The van der Waals surface area contributed by atoms with Crippen LogP contribution in [0.25, 0.3) is 0 Å². The molecule has 0 aliphatic rings. The quantitative estimate of drug-likeness (QED) is 0.631. The summed E-state index contributed by atoms with van der Waals surface area (Å²) >= 11 is 0. The van der Waals surface area contributed by atoms with Crippen LogP contribution in [0.2, 0.25) is 0 Å². The molecule has 0 aliphatic carbocycles. The first-order valence-corrected chi connectivity index (χ1v) is 5.81. The van der Waals surface area contributed by atoms with Gasteiger partial charge < -0.3 is 15.2 Å². The third-order valence-electron chi connectivity index (χ3n) is 2.43. The Bertz CT molecular complexity index is 390. The molecule has 0 radical (unpaired) electrons. The zero-order valence-corrected chi connectivity index (χ0v) is 10.5. The predicted molar refractivity (Wildman–Crippen MR) is 67.2 cm³/mol. The Hall–Kier alpha value is -1.71. The lowest BCUT2D eigenvalue weighted by molar-refractivity contribution is 0.0527. The van der Waals surface area contributed by atoms with Crippen molar-refractivity contribution in [3.05, 3.63) is 23.8 Å². The van der Waals surface area contributed by atoms with Crippen LogP contribution in [0.3, 0.4) is 0 Å². The standard InChI is InChI=1S/C13H19NO3/c1-4-9(3)17-10-6-7-12(14)11(8-10)13(15)16-5-2/h6-9H,4-5,14H2,1-3H3. The first-order valence-electron chi connectivity index (χ1n) is 5.81. The second-order valence-electron chi connectivity index (χ2n) is 3.81. The second-order valence-corrected chi connectivity index (χ2v) is 3.81. The van der Waals surface area contributed by atoms with Crippen LogP contribution in [0.5, 0.6) is 5.75 Å². The Labute approximate surface area is 102 Å². The molecule has 1 aromatic carbocycles. The molecule has 1 rings (SSSR count). The molecule has 0 fully saturated rings. The molecule has 1 atom stereocenters. The monoisotopic (exact) mass is 237 g/mol. The largest absolute Gasteiger partial charge is 0.491 e. The van der Waals surface area contributed by atoms with Gasteiger partial charge in [0, 0.05) is 5.69 Å². The van der Waals surface area contributed by atoms with Crippen LogP contribution < -0.4 is 10.5 Å². The van der Waals surface area contributed by atoms with E-state index in [-0.39, 0.29) is 6.10 Å². The molecular formula is C13H19NO3. The summed E-state index contributed by atoms with van der Waals surface area (Å²) in [5, 5.41) is 0. The molecule has 17 heavy (non-hydrogen) atoms. The molecule has 4 nitrogen and oxygen atoms in total. The van der Waals surface area contributed by atoms with E-state index in [9.17, 15) is 4.79 Å². The highest BCUT2D eigenvalue weighted by atomic mass is 16.5. The number of ether oxygens (including phenoxy) is 2. The molecule has 2 N–H and O–H groups in total. The lowest BCUT2D eigenvalue weighted by Gasteiger charge is -2.14. The predicted octanol–water partition coefficient (Wildman–Crippen LogP) is 2.62. The topological polar surface area (TPSA) is 61.5 Å². The zero-order chi connectivity index (χ0) is 12.8. The summed E-state index contributed by atoms with van der Waals surface area (Å²) in [6, 6.07) is 5.04. The summed E-state index contributed by atoms with van der Waals surface area (Å²) < 4.78 is 10.5. The highest BCUT2D eigenvalue weighted by molar-refractivity contribution is 5.95. The maximum atomic E-state index is 11.6. The number of esters is 1. The van der Waals surface area contributed by atoms with Gasteiger partial charge in [-0.3, -0.25) is 0 Å². The lowest BCUT2D eigenvalue weighted by atomic mass is 10.1. The Balaban J connectivity index is 2.90. The molecule has 4 heteroatoms. The molecule has 0 aromatic heterocycles. The number of anilines is 1. The minimum Gasteiger partial charge on any atom is -0.491 e. The summed E-state index contributed by atoms with van der Waals surface area (Å²) in [5.41, 5.74) is 6.48. The second kappa shape index (κ2) is 6.13. The number of nitrogen functional groups attached to an aromatic ring is 1. The number of carbonyl (C=O) groups is 1. The van der Waals surface area contributed by atoms with Crippen molar-refractivity contribution in [2.75, 3.05) is 12.3 Å². The van der Waals surface area contributed by atoms with Gasteiger partial charge in [-0.25, -0.2) is 4.79 Å². The molecule has 0 bridgehead atoms. The van der Waals surface area contributed by atoms with E-state index < -0.39 is 5.97 Å². The minimum atomic E-state index is -0.417. The maximum Gasteiger partial charge on any atom is 0.340 e. The molecule has 0 saturated heterocycles. The van der Waals surface area contributed by atoms with Gasteiger partial charge in [-0.2, -0.15) is 0 Å². The fraction of sp³-hybridized carbons (Fsp3) is 0.462. The van der Waals surface area contributed by atoms with Crippen molar-refractivity contribution in [1.29, 1.82) is 0 Å². The maximum absolute atomic E-state index is 11.6. The summed E-state index contributed by atoms with van der Waals surface area (Å²) in [4.78, 5) is 11.6. The number of nitrogens with two attached hydrogens (primary N) is 1. The molecule has 94 valence electrons. The van der Waals surface area contributed by atoms with Crippen LogP contribution in [-0.4, -0.2) is 18.7 Å². The molecule has 0 spiro atoms. The van der Waals surface area contributed by atoms with Gasteiger partial charge in [0.1, 0.15) is 5.75 Å². The summed E-state index contributed by atoms with van der Waals surface area (Å²) in [5.74, 6) is 0.219. The van der Waals surface area contributed by atoms with Gasteiger partial charge in [-0.15, -0.1) is 0 Å². The first kappa shape index (κ1) is 13.4. The number of hydrogen-bond acceptors (Lipinski definition) is 4. The number of carbonyl (C=O) groups excluding carboxylic acids is 1. The van der Waals surface area contributed by atoms with Crippen LogP contribution in [0, 0.1) is 0 Å². The number of hydrogen-bond donors (Lipinski definition) is 1. The normalized spacial score (nSPS) is 11.9. The van der Waals surface area contributed by atoms with E-state index in [0.29, 0.717) is 23.6 Å². The van der Waals surface area contributed by atoms with E-state index in [1.54, 1.807) is 25.1 Å². The van der Waals surface area contributed by atoms with Crippen LogP contribution >= 0.6 is 0 Å². The Morgan fingerprint density at radius 1 is 1.41 bits per heavy atom. The fourth-order valence-corrected chi connectivity index (χ4v) is 1.31. The smallest absolute Gasteiger partial charge is 0.340 e. The van der Waals surface area contributed by atoms with E-state index in [0.717, 1.165) is 6.42 Å². The number of benzene rings is 1. The van der Waals surface area contributed by atoms with Crippen LogP contribution in [0.1, 0.15) is 37.6 Å². The molecule has 1 aromatic rings. The fourth-order valence-electron chi connectivity index (χ4n) is 1.31. The zero-order valence-electron chi connectivity index (χ0n) is 10.5.